The fraction of sp³-hybridized carbons (Fsp3) is 0.263. The van der Waals surface area contributed by atoms with E-state index in [9.17, 15) is 9.90 Å². The predicted octanol–water partition coefficient (Wildman–Crippen LogP) is 2.12. The minimum atomic E-state index is -0.295. The third kappa shape index (κ3) is 5.04. The van der Waals surface area contributed by atoms with Crippen LogP contribution in [0.15, 0.2) is 35.4 Å². The zero-order valence-electron chi connectivity index (χ0n) is 15.6. The fourth-order valence-corrected chi connectivity index (χ4v) is 2.38. The first kappa shape index (κ1) is 19.9. The number of methoxy groups -OCH3 is 4. The molecule has 1 amide bonds. The van der Waals surface area contributed by atoms with E-state index >= 15 is 0 Å². The van der Waals surface area contributed by atoms with E-state index in [4.69, 9.17) is 18.9 Å². The van der Waals surface area contributed by atoms with Crippen molar-refractivity contribution in [2.24, 2.45) is 5.10 Å². The Morgan fingerprint density at radius 2 is 1.56 bits per heavy atom. The van der Waals surface area contributed by atoms with Crippen LogP contribution in [0.2, 0.25) is 0 Å². The number of aromatic hydroxyl groups is 1. The molecular formula is C19H22N2O6. The Morgan fingerprint density at radius 3 is 2.11 bits per heavy atom. The Labute approximate surface area is 157 Å². The molecule has 27 heavy (non-hydrogen) atoms. The van der Waals surface area contributed by atoms with Gasteiger partial charge in [-0.2, -0.15) is 5.10 Å². The lowest BCUT2D eigenvalue weighted by atomic mass is 10.1. The zero-order valence-corrected chi connectivity index (χ0v) is 15.6. The average Bonchev–Trinajstić information content (AvgIpc) is 2.68. The van der Waals surface area contributed by atoms with E-state index in [1.165, 1.54) is 27.5 Å². The van der Waals surface area contributed by atoms with Gasteiger partial charge < -0.3 is 24.1 Å². The van der Waals surface area contributed by atoms with Gasteiger partial charge in [-0.25, -0.2) is 5.43 Å². The summed E-state index contributed by atoms with van der Waals surface area (Å²) in [5, 5.41) is 13.8. The van der Waals surface area contributed by atoms with E-state index in [1.807, 2.05) is 0 Å². The van der Waals surface area contributed by atoms with Crippen molar-refractivity contribution in [2.75, 3.05) is 28.4 Å². The standard InChI is InChI=1S/C19H22N2O6/c1-24-14-6-5-12(7-15(14)25-2)10-18(22)21-20-11-13-8-16(26-3)19(23)17(9-13)27-4/h5-9,11,23H,10H2,1-4H3,(H,21,22). The molecule has 0 radical (unpaired) electrons. The van der Waals surface area contributed by atoms with Crippen molar-refractivity contribution in [1.29, 1.82) is 0 Å². The second kappa shape index (κ2) is 9.33. The summed E-state index contributed by atoms with van der Waals surface area (Å²) in [5.74, 6) is 1.23. The molecule has 0 heterocycles. The number of amides is 1. The van der Waals surface area contributed by atoms with Crippen LogP contribution in [0.4, 0.5) is 0 Å². The van der Waals surface area contributed by atoms with Crippen LogP contribution in [0.3, 0.4) is 0 Å². The van der Waals surface area contributed by atoms with Gasteiger partial charge in [-0.3, -0.25) is 4.79 Å². The number of phenolic OH excluding ortho intramolecular Hbond substituents is 1. The summed E-state index contributed by atoms with van der Waals surface area (Å²) >= 11 is 0. The summed E-state index contributed by atoms with van der Waals surface area (Å²) in [4.78, 5) is 12.1. The molecule has 2 rings (SSSR count). The summed E-state index contributed by atoms with van der Waals surface area (Å²) < 4.78 is 20.5. The van der Waals surface area contributed by atoms with Crippen molar-refractivity contribution < 1.29 is 28.8 Å². The maximum atomic E-state index is 12.1. The van der Waals surface area contributed by atoms with Gasteiger partial charge >= 0.3 is 0 Å². The second-order valence-electron chi connectivity index (χ2n) is 5.43. The molecule has 0 bridgehead atoms. The van der Waals surface area contributed by atoms with Crippen molar-refractivity contribution in [3.8, 4) is 28.7 Å². The SMILES string of the molecule is COc1ccc(CC(=O)NN=Cc2cc(OC)c(O)c(OC)c2)cc1OC. The van der Waals surface area contributed by atoms with Crippen LogP contribution in [-0.2, 0) is 11.2 Å². The molecular weight excluding hydrogens is 352 g/mol. The number of phenols is 1. The van der Waals surface area contributed by atoms with Crippen LogP contribution in [-0.4, -0.2) is 45.7 Å². The maximum Gasteiger partial charge on any atom is 0.244 e. The van der Waals surface area contributed by atoms with Crippen LogP contribution < -0.4 is 24.4 Å². The molecule has 2 aromatic rings. The normalized spacial score (nSPS) is 10.5. The Hall–Kier alpha value is -3.42. The molecule has 2 aromatic carbocycles. The number of nitrogens with zero attached hydrogens (tertiary/aromatic N) is 1. The molecule has 8 heteroatoms. The fourth-order valence-electron chi connectivity index (χ4n) is 2.38. The Balaban J connectivity index is 2.03. The third-order valence-electron chi connectivity index (χ3n) is 3.72. The van der Waals surface area contributed by atoms with Crippen molar-refractivity contribution in [1.82, 2.24) is 5.43 Å². The van der Waals surface area contributed by atoms with Crippen LogP contribution >= 0.6 is 0 Å². The number of rotatable bonds is 8. The minimum absolute atomic E-state index is 0.102. The molecule has 0 aromatic heterocycles. The highest BCUT2D eigenvalue weighted by Gasteiger charge is 2.11. The molecule has 2 N–H and O–H groups in total. The maximum absolute atomic E-state index is 12.1. The lowest BCUT2D eigenvalue weighted by molar-refractivity contribution is -0.120. The first-order valence-electron chi connectivity index (χ1n) is 8.00. The van der Waals surface area contributed by atoms with Crippen molar-refractivity contribution in [3.05, 3.63) is 41.5 Å². The molecule has 144 valence electrons. The molecule has 8 nitrogen and oxygen atoms in total. The first-order valence-corrected chi connectivity index (χ1v) is 8.00. The van der Waals surface area contributed by atoms with Crippen molar-refractivity contribution in [2.45, 2.75) is 6.42 Å². The third-order valence-corrected chi connectivity index (χ3v) is 3.72. The number of carbonyl (C=O) groups is 1. The van der Waals surface area contributed by atoms with Crippen molar-refractivity contribution >= 4 is 12.1 Å². The van der Waals surface area contributed by atoms with E-state index in [2.05, 4.69) is 10.5 Å². The molecule has 0 aliphatic carbocycles. The number of ether oxygens (including phenoxy) is 4. The molecule has 0 fully saturated rings. The molecule has 0 unspecified atom stereocenters. The Kier molecular flexibility index (Phi) is 6.87. The minimum Gasteiger partial charge on any atom is -0.502 e. The second-order valence-corrected chi connectivity index (χ2v) is 5.43. The van der Waals surface area contributed by atoms with Gasteiger partial charge in [0.2, 0.25) is 11.7 Å². The molecule has 0 aliphatic heterocycles. The van der Waals surface area contributed by atoms with E-state index < -0.39 is 0 Å². The average molecular weight is 374 g/mol. The summed E-state index contributed by atoms with van der Waals surface area (Å²) in [6.45, 7) is 0. The zero-order chi connectivity index (χ0) is 19.8. The van der Waals surface area contributed by atoms with Gasteiger partial charge in [0, 0.05) is 5.56 Å². The number of carbonyl (C=O) groups excluding carboxylic acids is 1. The van der Waals surface area contributed by atoms with Crippen LogP contribution in [0.1, 0.15) is 11.1 Å². The largest absolute Gasteiger partial charge is 0.502 e. The summed E-state index contributed by atoms with van der Waals surface area (Å²) in [5.41, 5.74) is 3.80. The topological polar surface area (TPSA) is 98.6 Å². The predicted molar refractivity (Wildman–Crippen MR) is 100 cm³/mol. The highest BCUT2D eigenvalue weighted by atomic mass is 16.5. The number of benzene rings is 2. The van der Waals surface area contributed by atoms with E-state index in [0.717, 1.165) is 5.56 Å². The lowest BCUT2D eigenvalue weighted by Gasteiger charge is -2.09. The number of hydrogen-bond acceptors (Lipinski definition) is 7. The van der Waals surface area contributed by atoms with E-state index in [0.29, 0.717) is 17.1 Å². The molecule has 0 atom stereocenters. The van der Waals surface area contributed by atoms with Gasteiger partial charge in [0.05, 0.1) is 41.1 Å². The molecule has 0 aliphatic rings. The summed E-state index contributed by atoms with van der Waals surface area (Å²) in [6.07, 6.45) is 1.55. The van der Waals surface area contributed by atoms with Crippen molar-refractivity contribution in [3.63, 3.8) is 0 Å². The number of hydrazone groups is 1. The molecule has 0 saturated carbocycles. The van der Waals surface area contributed by atoms with Crippen LogP contribution in [0, 0.1) is 0 Å². The summed E-state index contributed by atoms with van der Waals surface area (Å²) in [6, 6.07) is 8.39. The quantitative estimate of drug-likeness (QED) is 0.542. The number of hydrogen-bond donors (Lipinski definition) is 2. The number of nitrogens with one attached hydrogen (secondary N) is 1. The van der Waals surface area contributed by atoms with E-state index in [1.54, 1.807) is 37.4 Å². The van der Waals surface area contributed by atoms with Crippen LogP contribution in [0.25, 0.3) is 0 Å². The van der Waals surface area contributed by atoms with Gasteiger partial charge in [0.25, 0.3) is 0 Å². The highest BCUT2D eigenvalue weighted by Crippen LogP contribution is 2.36. The lowest BCUT2D eigenvalue weighted by Crippen LogP contribution is -2.19. The van der Waals surface area contributed by atoms with Crippen LogP contribution in [0.5, 0.6) is 28.7 Å². The van der Waals surface area contributed by atoms with Gasteiger partial charge in [-0.1, -0.05) is 6.07 Å². The van der Waals surface area contributed by atoms with Gasteiger partial charge in [0.1, 0.15) is 0 Å². The Bertz CT molecular complexity index is 810. The summed E-state index contributed by atoms with van der Waals surface area (Å²) in [7, 11) is 5.94. The highest BCUT2D eigenvalue weighted by molar-refractivity contribution is 5.85. The van der Waals surface area contributed by atoms with Gasteiger partial charge in [0.15, 0.2) is 23.0 Å². The monoisotopic (exact) mass is 374 g/mol. The Morgan fingerprint density at radius 1 is 0.963 bits per heavy atom. The van der Waals surface area contributed by atoms with Gasteiger partial charge in [-0.15, -0.1) is 0 Å². The smallest absolute Gasteiger partial charge is 0.244 e. The molecule has 0 spiro atoms. The first-order chi connectivity index (χ1) is 13.0. The van der Waals surface area contributed by atoms with Gasteiger partial charge in [-0.05, 0) is 29.8 Å². The molecule has 0 saturated heterocycles. The van der Waals surface area contributed by atoms with E-state index in [-0.39, 0.29) is 29.6 Å².